The van der Waals surface area contributed by atoms with Crippen molar-refractivity contribution < 1.29 is 13.9 Å². The standard InChI is InChI=1S/C14H21FN4O2/c1-10(2)21-9-11-12-8-18(13(20)14(15)4-5-14)6-3-7-19(12)17-16-11/h10H,3-9H2,1-2H3. The molecule has 1 saturated carbocycles. The molecule has 0 spiro atoms. The number of rotatable bonds is 4. The zero-order valence-corrected chi connectivity index (χ0v) is 12.5. The summed E-state index contributed by atoms with van der Waals surface area (Å²) >= 11 is 0. The number of aryl methyl sites for hydroxylation is 1. The number of carbonyl (C=O) groups is 1. The van der Waals surface area contributed by atoms with Crippen LogP contribution in [0.2, 0.25) is 0 Å². The maximum atomic E-state index is 14.0. The molecule has 0 bridgehead atoms. The Kier molecular flexibility index (Phi) is 3.69. The van der Waals surface area contributed by atoms with E-state index in [1.807, 2.05) is 18.5 Å². The third-order valence-corrected chi connectivity index (χ3v) is 3.97. The van der Waals surface area contributed by atoms with Crippen LogP contribution < -0.4 is 0 Å². The fraction of sp³-hybridized carbons (Fsp3) is 0.786. The van der Waals surface area contributed by atoms with E-state index in [0.717, 1.165) is 17.8 Å². The lowest BCUT2D eigenvalue weighted by atomic mass is 10.2. The Morgan fingerprint density at radius 1 is 1.43 bits per heavy atom. The summed E-state index contributed by atoms with van der Waals surface area (Å²) in [6, 6.07) is 0. The van der Waals surface area contributed by atoms with Crippen LogP contribution in [-0.2, 0) is 29.2 Å². The number of hydrogen-bond acceptors (Lipinski definition) is 4. The Labute approximate surface area is 123 Å². The van der Waals surface area contributed by atoms with E-state index in [0.29, 0.717) is 39.1 Å². The molecular formula is C14H21FN4O2. The number of halogens is 1. The first kappa shape index (κ1) is 14.4. The summed E-state index contributed by atoms with van der Waals surface area (Å²) < 4.78 is 21.4. The van der Waals surface area contributed by atoms with Gasteiger partial charge in [-0.1, -0.05) is 5.21 Å². The highest BCUT2D eigenvalue weighted by molar-refractivity contribution is 5.88. The van der Waals surface area contributed by atoms with Crippen LogP contribution in [0.3, 0.4) is 0 Å². The average Bonchev–Trinajstić information content (AvgIpc) is 3.14. The van der Waals surface area contributed by atoms with Gasteiger partial charge in [0.1, 0.15) is 5.69 Å². The molecule has 0 aromatic carbocycles. The fourth-order valence-corrected chi connectivity index (χ4v) is 2.53. The Hall–Kier alpha value is -1.50. The van der Waals surface area contributed by atoms with Gasteiger partial charge in [0.25, 0.3) is 5.91 Å². The number of ether oxygens (including phenoxy) is 1. The third kappa shape index (κ3) is 2.92. The summed E-state index contributed by atoms with van der Waals surface area (Å²) in [5.74, 6) is -0.382. The highest BCUT2D eigenvalue weighted by Gasteiger charge is 2.53. The van der Waals surface area contributed by atoms with Crippen molar-refractivity contribution in [3.05, 3.63) is 11.4 Å². The van der Waals surface area contributed by atoms with E-state index in [1.165, 1.54) is 0 Å². The quantitative estimate of drug-likeness (QED) is 0.843. The lowest BCUT2D eigenvalue weighted by Crippen LogP contribution is -2.38. The van der Waals surface area contributed by atoms with Crippen LogP contribution in [0.4, 0.5) is 4.39 Å². The van der Waals surface area contributed by atoms with Gasteiger partial charge in [-0.15, -0.1) is 5.10 Å². The molecule has 1 aromatic heterocycles. The molecule has 3 rings (SSSR count). The molecule has 0 atom stereocenters. The van der Waals surface area contributed by atoms with Crippen LogP contribution in [0.5, 0.6) is 0 Å². The Balaban J connectivity index is 1.76. The molecule has 7 heteroatoms. The smallest absolute Gasteiger partial charge is 0.260 e. The first-order valence-electron chi connectivity index (χ1n) is 7.51. The van der Waals surface area contributed by atoms with Crippen molar-refractivity contribution in [1.82, 2.24) is 19.9 Å². The summed E-state index contributed by atoms with van der Waals surface area (Å²) in [5.41, 5.74) is -0.00475. The number of amides is 1. The van der Waals surface area contributed by atoms with E-state index in [1.54, 1.807) is 4.90 Å². The van der Waals surface area contributed by atoms with Gasteiger partial charge >= 0.3 is 0 Å². The van der Waals surface area contributed by atoms with Gasteiger partial charge in [-0.3, -0.25) is 4.79 Å². The highest BCUT2D eigenvalue weighted by Crippen LogP contribution is 2.41. The van der Waals surface area contributed by atoms with Crippen molar-refractivity contribution in [2.75, 3.05) is 6.54 Å². The second-order valence-electron chi connectivity index (χ2n) is 6.11. The zero-order chi connectivity index (χ0) is 15.0. The van der Waals surface area contributed by atoms with E-state index in [9.17, 15) is 9.18 Å². The number of alkyl halides is 1. The first-order chi connectivity index (χ1) is 9.99. The number of nitrogens with zero attached hydrogens (tertiary/aromatic N) is 4. The summed E-state index contributed by atoms with van der Waals surface area (Å²) in [6.45, 7) is 5.92. The largest absolute Gasteiger partial charge is 0.372 e. The van der Waals surface area contributed by atoms with Crippen LogP contribution in [0.1, 0.15) is 44.5 Å². The highest BCUT2D eigenvalue weighted by atomic mass is 19.1. The molecule has 0 saturated heterocycles. The number of fused-ring (bicyclic) bond motifs is 1. The van der Waals surface area contributed by atoms with Crippen molar-refractivity contribution in [3.8, 4) is 0 Å². The van der Waals surface area contributed by atoms with Gasteiger partial charge in [-0.25, -0.2) is 9.07 Å². The van der Waals surface area contributed by atoms with Crippen molar-refractivity contribution >= 4 is 5.91 Å². The van der Waals surface area contributed by atoms with Gasteiger partial charge in [0, 0.05) is 13.1 Å². The Morgan fingerprint density at radius 3 is 2.86 bits per heavy atom. The van der Waals surface area contributed by atoms with Gasteiger partial charge in [0.05, 0.1) is 24.9 Å². The Bertz CT molecular complexity index is 539. The minimum absolute atomic E-state index is 0.103. The van der Waals surface area contributed by atoms with Gasteiger partial charge < -0.3 is 9.64 Å². The summed E-state index contributed by atoms with van der Waals surface area (Å²) in [6.07, 6.45) is 1.57. The average molecular weight is 296 g/mol. The van der Waals surface area contributed by atoms with E-state index < -0.39 is 5.67 Å². The second kappa shape index (κ2) is 5.36. The summed E-state index contributed by atoms with van der Waals surface area (Å²) in [4.78, 5) is 13.8. The molecule has 0 N–H and O–H groups in total. The van der Waals surface area contributed by atoms with Gasteiger partial charge in [-0.05, 0) is 33.1 Å². The van der Waals surface area contributed by atoms with Crippen LogP contribution in [-0.4, -0.2) is 44.1 Å². The van der Waals surface area contributed by atoms with Crippen LogP contribution in [0.25, 0.3) is 0 Å². The summed E-state index contributed by atoms with van der Waals surface area (Å²) in [5, 5.41) is 8.26. The molecule has 1 aliphatic heterocycles. The SMILES string of the molecule is CC(C)OCc1nnn2c1CN(C(=O)C1(F)CC1)CCC2. The monoisotopic (exact) mass is 296 g/mol. The molecular weight excluding hydrogens is 275 g/mol. The number of carbonyl (C=O) groups excluding carboxylic acids is 1. The maximum absolute atomic E-state index is 14.0. The third-order valence-electron chi connectivity index (χ3n) is 3.97. The summed E-state index contributed by atoms with van der Waals surface area (Å²) in [7, 11) is 0. The topological polar surface area (TPSA) is 60.3 Å². The molecule has 6 nitrogen and oxygen atoms in total. The normalized spacial score (nSPS) is 20.3. The minimum Gasteiger partial charge on any atom is -0.372 e. The second-order valence-corrected chi connectivity index (χ2v) is 6.11. The molecule has 1 aliphatic carbocycles. The number of aromatic nitrogens is 3. The van der Waals surface area contributed by atoms with E-state index in [2.05, 4.69) is 10.3 Å². The lowest BCUT2D eigenvalue weighted by molar-refractivity contribution is -0.138. The molecule has 0 unspecified atom stereocenters. The van der Waals surface area contributed by atoms with E-state index in [4.69, 9.17) is 4.74 Å². The predicted molar refractivity (Wildman–Crippen MR) is 73.1 cm³/mol. The van der Waals surface area contributed by atoms with E-state index in [-0.39, 0.29) is 12.0 Å². The van der Waals surface area contributed by atoms with Crippen LogP contribution in [0, 0.1) is 0 Å². The molecule has 116 valence electrons. The van der Waals surface area contributed by atoms with Gasteiger partial charge in [0.2, 0.25) is 0 Å². The minimum atomic E-state index is -1.61. The van der Waals surface area contributed by atoms with Crippen molar-refractivity contribution in [2.45, 2.75) is 64.6 Å². The molecule has 2 aliphatic rings. The zero-order valence-electron chi connectivity index (χ0n) is 12.5. The van der Waals surface area contributed by atoms with Gasteiger partial charge in [-0.2, -0.15) is 0 Å². The molecule has 1 amide bonds. The molecule has 1 fully saturated rings. The van der Waals surface area contributed by atoms with Crippen LogP contribution >= 0.6 is 0 Å². The van der Waals surface area contributed by atoms with Crippen molar-refractivity contribution in [3.63, 3.8) is 0 Å². The van der Waals surface area contributed by atoms with Crippen molar-refractivity contribution in [2.24, 2.45) is 0 Å². The Morgan fingerprint density at radius 2 is 2.19 bits per heavy atom. The van der Waals surface area contributed by atoms with E-state index >= 15 is 0 Å². The molecule has 2 heterocycles. The molecule has 21 heavy (non-hydrogen) atoms. The predicted octanol–water partition coefficient (Wildman–Crippen LogP) is 1.44. The lowest BCUT2D eigenvalue weighted by Gasteiger charge is -2.22. The fourth-order valence-electron chi connectivity index (χ4n) is 2.53. The van der Waals surface area contributed by atoms with Crippen molar-refractivity contribution in [1.29, 1.82) is 0 Å². The van der Waals surface area contributed by atoms with Gasteiger partial charge in [0.15, 0.2) is 5.67 Å². The maximum Gasteiger partial charge on any atom is 0.260 e. The number of hydrogen-bond donors (Lipinski definition) is 0. The molecule has 0 radical (unpaired) electrons. The molecule has 1 aromatic rings. The first-order valence-corrected chi connectivity index (χ1v) is 7.51. The van der Waals surface area contributed by atoms with Crippen LogP contribution in [0.15, 0.2) is 0 Å².